The van der Waals surface area contributed by atoms with Crippen molar-refractivity contribution in [3.63, 3.8) is 0 Å². The molecule has 2 aliphatic heterocycles. The van der Waals surface area contributed by atoms with Crippen molar-refractivity contribution in [3.05, 3.63) is 12.0 Å². The van der Waals surface area contributed by atoms with E-state index < -0.39 is 24.5 Å². The van der Waals surface area contributed by atoms with Crippen LogP contribution in [-0.2, 0) is 4.74 Å². The number of nitrogens with one attached hydrogen (secondary N) is 1. The maximum Gasteiger partial charge on any atom is 0.139 e. The van der Waals surface area contributed by atoms with Crippen LogP contribution in [-0.4, -0.2) is 86.1 Å². The Kier molecular flexibility index (Phi) is 5.19. The zero-order chi connectivity index (χ0) is 13.4. The fourth-order valence-electron chi connectivity index (χ4n) is 2.38. The molecule has 1 radical (unpaired) electrons. The molecule has 0 amide bonds. The SMILES string of the molecule is OC[C@H]1O[C@@H](n2cnc3c2NC=NC[C@H]3O)C[C@@H]1O.[Na]. The molecule has 0 unspecified atom stereocenters. The minimum Gasteiger partial charge on any atom is -0.394 e. The van der Waals surface area contributed by atoms with Gasteiger partial charge in [-0.2, -0.15) is 0 Å². The van der Waals surface area contributed by atoms with Crippen LogP contribution in [0.3, 0.4) is 0 Å². The van der Waals surface area contributed by atoms with Crippen molar-refractivity contribution in [2.75, 3.05) is 18.5 Å². The van der Waals surface area contributed by atoms with Gasteiger partial charge in [-0.25, -0.2) is 4.98 Å². The van der Waals surface area contributed by atoms with Gasteiger partial charge in [0.05, 0.1) is 31.9 Å². The maximum absolute atomic E-state index is 9.89. The molecule has 1 aromatic rings. The zero-order valence-corrected chi connectivity index (χ0v) is 13.2. The molecule has 2 aliphatic rings. The molecule has 4 N–H and O–H groups in total. The van der Waals surface area contributed by atoms with Crippen LogP contribution in [0.2, 0.25) is 0 Å². The monoisotopic (exact) mass is 291 g/mol. The first-order valence-electron chi connectivity index (χ1n) is 6.14. The molecule has 0 saturated carbocycles. The fourth-order valence-corrected chi connectivity index (χ4v) is 2.38. The first-order chi connectivity index (χ1) is 9.20. The van der Waals surface area contributed by atoms with Crippen LogP contribution in [0.5, 0.6) is 0 Å². The second kappa shape index (κ2) is 6.52. The number of rotatable bonds is 2. The van der Waals surface area contributed by atoms with Gasteiger partial charge in [-0.1, -0.05) is 0 Å². The van der Waals surface area contributed by atoms with Gasteiger partial charge in [0, 0.05) is 36.0 Å². The number of aliphatic imine (C=N–C) groups is 1. The number of anilines is 1. The van der Waals surface area contributed by atoms with Crippen molar-refractivity contribution in [2.24, 2.45) is 4.99 Å². The molecule has 9 heteroatoms. The van der Waals surface area contributed by atoms with Crippen LogP contribution in [0.15, 0.2) is 11.3 Å². The molecule has 3 rings (SSSR count). The summed E-state index contributed by atoms with van der Waals surface area (Å²) in [4.78, 5) is 8.15. The number of ether oxygens (including phenoxy) is 1. The number of hydrogen-bond donors (Lipinski definition) is 4. The number of aliphatic hydroxyl groups excluding tert-OH is 3. The van der Waals surface area contributed by atoms with Gasteiger partial charge in [-0.3, -0.25) is 9.56 Å². The minimum absolute atomic E-state index is 0. The molecule has 1 fully saturated rings. The van der Waals surface area contributed by atoms with E-state index in [-0.39, 0.29) is 42.7 Å². The van der Waals surface area contributed by atoms with Crippen LogP contribution in [0, 0.1) is 0 Å². The summed E-state index contributed by atoms with van der Waals surface area (Å²) < 4.78 is 7.27. The Balaban J connectivity index is 0.00000147. The largest absolute Gasteiger partial charge is 0.394 e. The molecule has 105 valence electrons. The average Bonchev–Trinajstić information content (AvgIpc) is 2.93. The van der Waals surface area contributed by atoms with Crippen LogP contribution in [0.4, 0.5) is 5.82 Å². The normalized spacial score (nSPS) is 32.1. The van der Waals surface area contributed by atoms with Gasteiger partial charge in [0.15, 0.2) is 0 Å². The van der Waals surface area contributed by atoms with E-state index in [1.54, 1.807) is 10.9 Å². The van der Waals surface area contributed by atoms with E-state index >= 15 is 0 Å². The van der Waals surface area contributed by atoms with E-state index in [9.17, 15) is 10.2 Å². The van der Waals surface area contributed by atoms with Crippen molar-refractivity contribution in [1.82, 2.24) is 9.55 Å². The van der Waals surface area contributed by atoms with E-state index in [4.69, 9.17) is 9.84 Å². The summed E-state index contributed by atoms with van der Waals surface area (Å²) in [5, 5.41) is 31.7. The molecule has 4 atom stereocenters. The number of aromatic nitrogens is 2. The van der Waals surface area contributed by atoms with Crippen LogP contribution < -0.4 is 5.32 Å². The molecule has 3 heterocycles. The van der Waals surface area contributed by atoms with Crippen LogP contribution >= 0.6 is 0 Å². The molecule has 0 aliphatic carbocycles. The van der Waals surface area contributed by atoms with Gasteiger partial charge in [0.25, 0.3) is 0 Å². The molecule has 1 saturated heterocycles. The number of nitrogens with zero attached hydrogens (tertiary/aromatic N) is 3. The van der Waals surface area contributed by atoms with E-state index in [0.29, 0.717) is 17.9 Å². The number of imidazole rings is 1. The van der Waals surface area contributed by atoms with Gasteiger partial charge in [-0.15, -0.1) is 0 Å². The quantitative estimate of drug-likeness (QED) is 0.500. The van der Waals surface area contributed by atoms with Gasteiger partial charge in [0.2, 0.25) is 0 Å². The van der Waals surface area contributed by atoms with Gasteiger partial charge >= 0.3 is 0 Å². The van der Waals surface area contributed by atoms with Crippen molar-refractivity contribution >= 4 is 41.7 Å². The van der Waals surface area contributed by atoms with E-state index in [2.05, 4.69) is 15.3 Å². The second-order valence-corrected chi connectivity index (χ2v) is 4.65. The third-order valence-electron chi connectivity index (χ3n) is 3.40. The van der Waals surface area contributed by atoms with Crippen LogP contribution in [0.1, 0.15) is 24.4 Å². The molecule has 0 spiro atoms. The summed E-state index contributed by atoms with van der Waals surface area (Å²) >= 11 is 0. The summed E-state index contributed by atoms with van der Waals surface area (Å²) in [7, 11) is 0. The van der Waals surface area contributed by atoms with Gasteiger partial charge in [0.1, 0.15) is 29.9 Å². The third-order valence-corrected chi connectivity index (χ3v) is 3.40. The van der Waals surface area contributed by atoms with E-state index in [1.807, 2.05) is 0 Å². The number of aliphatic hydroxyl groups is 3. The van der Waals surface area contributed by atoms with Crippen molar-refractivity contribution in [3.8, 4) is 0 Å². The third kappa shape index (κ3) is 2.77. The van der Waals surface area contributed by atoms with Gasteiger partial charge < -0.3 is 25.4 Å². The van der Waals surface area contributed by atoms with Crippen molar-refractivity contribution in [1.29, 1.82) is 0 Å². The van der Waals surface area contributed by atoms with E-state index in [0.717, 1.165) is 0 Å². The number of hydrogen-bond acceptors (Lipinski definition) is 7. The Hall–Kier alpha value is -0.480. The van der Waals surface area contributed by atoms with Crippen molar-refractivity contribution in [2.45, 2.75) is 31.0 Å². The smallest absolute Gasteiger partial charge is 0.139 e. The molecule has 0 aromatic carbocycles. The average molecular weight is 291 g/mol. The summed E-state index contributed by atoms with van der Waals surface area (Å²) in [5.41, 5.74) is 0.503. The summed E-state index contributed by atoms with van der Waals surface area (Å²) in [6.07, 6.45) is 0.935. The predicted octanol–water partition coefficient (Wildman–Crippen LogP) is -1.37. The summed E-state index contributed by atoms with van der Waals surface area (Å²) in [6, 6.07) is 0. The number of fused-ring (bicyclic) bond motifs is 1. The first-order valence-corrected chi connectivity index (χ1v) is 6.14. The Morgan fingerprint density at radius 2 is 2.25 bits per heavy atom. The molecular formula is C11H16N4NaO4. The minimum atomic E-state index is -0.762. The Morgan fingerprint density at radius 1 is 1.45 bits per heavy atom. The van der Waals surface area contributed by atoms with Gasteiger partial charge in [-0.05, 0) is 0 Å². The van der Waals surface area contributed by atoms with E-state index in [1.165, 1.54) is 6.34 Å². The van der Waals surface area contributed by atoms with Crippen LogP contribution in [0.25, 0.3) is 0 Å². The molecule has 1 aromatic heterocycles. The molecule has 0 bridgehead atoms. The standard InChI is InChI=1S/C11H16N4O4.Na/c16-3-8-6(17)1-9(19-8)15-5-14-10-7(18)2-12-4-13-11(10)15;/h4-9,16-18H,1-3H2,(H,12,13);/t6-,7+,8+,9+;/m0./s1. The predicted molar refractivity (Wildman–Crippen MR) is 71.5 cm³/mol. The summed E-state index contributed by atoms with van der Waals surface area (Å²) in [6.45, 7) is 0.0243. The maximum atomic E-state index is 9.89. The fraction of sp³-hybridized carbons (Fsp3) is 0.636. The van der Waals surface area contributed by atoms with Crippen molar-refractivity contribution < 1.29 is 20.1 Å². The Morgan fingerprint density at radius 3 is 2.95 bits per heavy atom. The second-order valence-electron chi connectivity index (χ2n) is 4.65. The molecule has 20 heavy (non-hydrogen) atoms. The Bertz CT molecular complexity index is 495. The topological polar surface area (TPSA) is 112 Å². The molecular weight excluding hydrogens is 275 g/mol. The molecule has 8 nitrogen and oxygen atoms in total. The zero-order valence-electron chi connectivity index (χ0n) is 11.2. The summed E-state index contributed by atoms with van der Waals surface area (Å²) in [5.74, 6) is 0.601. The first kappa shape index (κ1) is 15.9. The Labute approximate surface area is 137 Å².